The van der Waals surface area contributed by atoms with Gasteiger partial charge in [0.1, 0.15) is 17.7 Å². The van der Waals surface area contributed by atoms with Crippen molar-refractivity contribution in [3.8, 4) is 0 Å². The Labute approximate surface area is 140 Å². The van der Waals surface area contributed by atoms with Gasteiger partial charge in [-0.3, -0.25) is 5.32 Å². The molecule has 1 aromatic carbocycles. The molecule has 1 saturated heterocycles. The zero-order chi connectivity index (χ0) is 16.9. The fourth-order valence-electron chi connectivity index (χ4n) is 2.71. The summed E-state index contributed by atoms with van der Waals surface area (Å²) in [6, 6.07) is 10.1. The van der Waals surface area contributed by atoms with Gasteiger partial charge in [0, 0.05) is 37.8 Å². The van der Waals surface area contributed by atoms with E-state index in [9.17, 15) is 9.18 Å². The lowest BCUT2D eigenvalue weighted by atomic mass is 10.1. The first kappa shape index (κ1) is 16.2. The first-order valence-electron chi connectivity index (χ1n) is 8.01. The van der Waals surface area contributed by atoms with Gasteiger partial charge in [0.25, 0.3) is 0 Å². The van der Waals surface area contributed by atoms with E-state index in [4.69, 9.17) is 4.74 Å². The first-order valence-corrected chi connectivity index (χ1v) is 8.01. The van der Waals surface area contributed by atoms with Gasteiger partial charge in [-0.05, 0) is 42.8 Å². The van der Waals surface area contributed by atoms with E-state index in [2.05, 4.69) is 15.2 Å². The van der Waals surface area contributed by atoms with Crippen LogP contribution in [-0.2, 0) is 4.74 Å². The standard InChI is InChI=1S/C18H20FN3O2/c1-13-2-7-17(20-12-13)21-18(23)24-16-8-10-22(11-9-16)15-5-3-14(19)4-6-15/h2-7,12,16H,8-11H2,1H3,(H,20,21,23). The number of hydrogen-bond acceptors (Lipinski definition) is 4. The molecule has 0 spiro atoms. The molecule has 0 saturated carbocycles. The number of nitrogens with one attached hydrogen (secondary N) is 1. The van der Waals surface area contributed by atoms with Crippen molar-refractivity contribution in [1.82, 2.24) is 4.98 Å². The van der Waals surface area contributed by atoms with E-state index in [1.807, 2.05) is 13.0 Å². The van der Waals surface area contributed by atoms with Gasteiger partial charge < -0.3 is 9.64 Å². The summed E-state index contributed by atoms with van der Waals surface area (Å²) in [5.74, 6) is 0.243. The highest BCUT2D eigenvalue weighted by Crippen LogP contribution is 2.22. The van der Waals surface area contributed by atoms with Crippen LogP contribution in [0.1, 0.15) is 18.4 Å². The largest absolute Gasteiger partial charge is 0.446 e. The number of carbonyl (C=O) groups excluding carboxylic acids is 1. The van der Waals surface area contributed by atoms with Crippen molar-refractivity contribution in [3.63, 3.8) is 0 Å². The second-order valence-corrected chi connectivity index (χ2v) is 5.91. The van der Waals surface area contributed by atoms with Crippen LogP contribution < -0.4 is 10.2 Å². The number of carbonyl (C=O) groups is 1. The summed E-state index contributed by atoms with van der Waals surface area (Å²) in [7, 11) is 0. The molecule has 1 fully saturated rings. The highest BCUT2D eigenvalue weighted by Gasteiger charge is 2.22. The van der Waals surface area contributed by atoms with Crippen molar-refractivity contribution in [1.29, 1.82) is 0 Å². The number of nitrogens with zero attached hydrogens (tertiary/aromatic N) is 2. The smallest absolute Gasteiger partial charge is 0.413 e. The number of halogens is 1. The van der Waals surface area contributed by atoms with Gasteiger partial charge in [-0.1, -0.05) is 6.07 Å². The lowest BCUT2D eigenvalue weighted by molar-refractivity contribution is 0.0950. The Morgan fingerprint density at radius 3 is 2.54 bits per heavy atom. The molecule has 0 radical (unpaired) electrons. The number of aromatic nitrogens is 1. The Hall–Kier alpha value is -2.63. The summed E-state index contributed by atoms with van der Waals surface area (Å²) >= 11 is 0. The SMILES string of the molecule is Cc1ccc(NC(=O)OC2CCN(c3ccc(F)cc3)CC2)nc1. The van der Waals surface area contributed by atoms with Crippen molar-refractivity contribution in [2.24, 2.45) is 0 Å². The molecule has 0 atom stereocenters. The minimum absolute atomic E-state index is 0.118. The van der Waals surface area contributed by atoms with Crippen molar-refractivity contribution in [3.05, 3.63) is 54.0 Å². The van der Waals surface area contributed by atoms with Gasteiger partial charge in [0.15, 0.2) is 0 Å². The van der Waals surface area contributed by atoms with Crippen LogP contribution in [0.2, 0.25) is 0 Å². The van der Waals surface area contributed by atoms with E-state index in [1.54, 1.807) is 24.4 Å². The van der Waals surface area contributed by atoms with Gasteiger partial charge in [-0.25, -0.2) is 14.2 Å². The number of rotatable bonds is 3. The van der Waals surface area contributed by atoms with Crippen LogP contribution in [0.25, 0.3) is 0 Å². The average Bonchev–Trinajstić information content (AvgIpc) is 2.58. The van der Waals surface area contributed by atoms with Crippen LogP contribution in [0.5, 0.6) is 0 Å². The summed E-state index contributed by atoms with van der Waals surface area (Å²) in [4.78, 5) is 18.2. The minimum atomic E-state index is -0.480. The quantitative estimate of drug-likeness (QED) is 0.932. The number of anilines is 2. The molecule has 6 heteroatoms. The molecule has 2 aromatic rings. The molecule has 2 heterocycles. The molecule has 0 bridgehead atoms. The fraction of sp³-hybridized carbons (Fsp3) is 0.333. The van der Waals surface area contributed by atoms with Crippen molar-refractivity contribution in [2.75, 3.05) is 23.3 Å². The zero-order valence-corrected chi connectivity index (χ0v) is 13.5. The van der Waals surface area contributed by atoms with Gasteiger partial charge in [0.2, 0.25) is 0 Å². The van der Waals surface area contributed by atoms with E-state index >= 15 is 0 Å². The van der Waals surface area contributed by atoms with Gasteiger partial charge >= 0.3 is 6.09 Å². The molecule has 1 N–H and O–H groups in total. The minimum Gasteiger partial charge on any atom is -0.446 e. The van der Waals surface area contributed by atoms with Gasteiger partial charge in [-0.15, -0.1) is 0 Å². The topological polar surface area (TPSA) is 54.5 Å². The van der Waals surface area contributed by atoms with Crippen molar-refractivity contribution in [2.45, 2.75) is 25.9 Å². The second-order valence-electron chi connectivity index (χ2n) is 5.91. The molecule has 1 aliphatic rings. The molecule has 0 aliphatic carbocycles. The van der Waals surface area contributed by atoms with Crippen LogP contribution in [-0.4, -0.2) is 30.3 Å². The van der Waals surface area contributed by atoms with Gasteiger partial charge in [-0.2, -0.15) is 0 Å². The van der Waals surface area contributed by atoms with Crippen LogP contribution in [0.3, 0.4) is 0 Å². The summed E-state index contributed by atoms with van der Waals surface area (Å²) in [5, 5.41) is 2.64. The number of piperidine rings is 1. The molecule has 1 aliphatic heterocycles. The number of benzene rings is 1. The molecule has 1 amide bonds. The van der Waals surface area contributed by atoms with E-state index < -0.39 is 6.09 Å². The van der Waals surface area contributed by atoms with E-state index in [0.29, 0.717) is 5.82 Å². The molecule has 24 heavy (non-hydrogen) atoms. The average molecular weight is 329 g/mol. The van der Waals surface area contributed by atoms with Crippen LogP contribution in [0.15, 0.2) is 42.6 Å². The van der Waals surface area contributed by atoms with Crippen LogP contribution in [0, 0.1) is 12.7 Å². The van der Waals surface area contributed by atoms with E-state index in [1.165, 1.54) is 12.1 Å². The number of amides is 1. The van der Waals surface area contributed by atoms with E-state index in [0.717, 1.165) is 37.2 Å². The predicted octanol–water partition coefficient (Wildman–Crippen LogP) is 3.75. The Morgan fingerprint density at radius 2 is 1.92 bits per heavy atom. The monoisotopic (exact) mass is 329 g/mol. The highest BCUT2D eigenvalue weighted by atomic mass is 19.1. The second kappa shape index (κ2) is 7.29. The third-order valence-corrected chi connectivity index (χ3v) is 4.05. The molecule has 0 unspecified atom stereocenters. The maximum absolute atomic E-state index is 13.0. The van der Waals surface area contributed by atoms with E-state index in [-0.39, 0.29) is 11.9 Å². The third kappa shape index (κ3) is 4.22. The Balaban J connectivity index is 1.47. The normalized spacial score (nSPS) is 15.2. The number of pyridine rings is 1. The predicted molar refractivity (Wildman–Crippen MR) is 90.7 cm³/mol. The number of hydrogen-bond donors (Lipinski definition) is 1. The maximum atomic E-state index is 13.0. The Bertz CT molecular complexity index is 680. The number of ether oxygens (including phenoxy) is 1. The first-order chi connectivity index (χ1) is 11.6. The summed E-state index contributed by atoms with van der Waals surface area (Å²) in [5.41, 5.74) is 2.02. The summed E-state index contributed by atoms with van der Waals surface area (Å²) in [6.45, 7) is 3.47. The molecule has 1 aromatic heterocycles. The van der Waals surface area contributed by atoms with Crippen LogP contribution >= 0.6 is 0 Å². The maximum Gasteiger partial charge on any atom is 0.413 e. The zero-order valence-electron chi connectivity index (χ0n) is 13.5. The fourth-order valence-corrected chi connectivity index (χ4v) is 2.71. The third-order valence-electron chi connectivity index (χ3n) is 4.05. The summed E-state index contributed by atoms with van der Waals surface area (Å²) in [6.07, 6.45) is 2.58. The molecule has 3 rings (SSSR count). The van der Waals surface area contributed by atoms with Gasteiger partial charge in [0.05, 0.1) is 0 Å². The molecule has 126 valence electrons. The molecular formula is C18H20FN3O2. The highest BCUT2D eigenvalue weighted by molar-refractivity contribution is 5.83. The van der Waals surface area contributed by atoms with Crippen molar-refractivity contribution < 1.29 is 13.9 Å². The van der Waals surface area contributed by atoms with Crippen LogP contribution in [0.4, 0.5) is 20.7 Å². The molecular weight excluding hydrogens is 309 g/mol. The van der Waals surface area contributed by atoms with Crippen molar-refractivity contribution >= 4 is 17.6 Å². The number of aryl methyl sites for hydroxylation is 1. The molecule has 5 nitrogen and oxygen atoms in total. The summed E-state index contributed by atoms with van der Waals surface area (Å²) < 4.78 is 18.4. The Kier molecular flexibility index (Phi) is 4.93. The lowest BCUT2D eigenvalue weighted by Crippen LogP contribution is -2.38. The lowest BCUT2D eigenvalue weighted by Gasteiger charge is -2.33. The Morgan fingerprint density at radius 1 is 1.21 bits per heavy atom.